The van der Waals surface area contributed by atoms with Crippen molar-refractivity contribution in [2.24, 2.45) is 0 Å². The Morgan fingerprint density at radius 3 is 2.62 bits per heavy atom. The molecule has 1 N–H and O–H groups in total. The van der Waals surface area contributed by atoms with Crippen molar-refractivity contribution in [3.63, 3.8) is 0 Å². The van der Waals surface area contributed by atoms with Crippen LogP contribution >= 0.6 is 0 Å². The Morgan fingerprint density at radius 1 is 1.29 bits per heavy atom. The number of rotatable bonds is 6. The van der Waals surface area contributed by atoms with E-state index in [4.69, 9.17) is 24.0 Å². The maximum absolute atomic E-state index is 11.3. The maximum Gasteiger partial charge on any atom is 0.511 e. The van der Waals surface area contributed by atoms with Crippen LogP contribution in [0.25, 0.3) is 0 Å². The monoisotopic (exact) mass is 305 g/mol. The van der Waals surface area contributed by atoms with Crippen LogP contribution in [0.2, 0.25) is 0 Å². The normalized spacial score (nSPS) is 19.8. The van der Waals surface area contributed by atoms with E-state index in [9.17, 15) is 9.59 Å². The Labute approximate surface area is 120 Å². The first-order valence-electron chi connectivity index (χ1n) is 6.70. The van der Waals surface area contributed by atoms with Crippen molar-refractivity contribution in [2.75, 3.05) is 11.6 Å². The average molecular weight is 305 g/mol. The summed E-state index contributed by atoms with van der Waals surface area (Å²) in [6, 6.07) is -0.652. The molecule has 0 aromatic carbocycles. The summed E-state index contributed by atoms with van der Waals surface area (Å²) in [6.45, 7) is 5.42. The zero-order valence-corrected chi connectivity index (χ0v) is 12.1. The lowest BCUT2D eigenvalue weighted by molar-refractivity contribution is -0.139. The molecular weight excluding hydrogens is 286 g/mol. The number of carboxylic acids is 1. The number of carbonyl (C=O) groups excluding carboxylic acids is 1. The second-order valence-electron chi connectivity index (χ2n) is 4.94. The molecule has 0 amide bonds. The summed E-state index contributed by atoms with van der Waals surface area (Å²) < 4.78 is 14.6. The van der Waals surface area contributed by atoms with Crippen molar-refractivity contribution in [3.05, 3.63) is 0 Å². The molecule has 1 aromatic heterocycles. The van der Waals surface area contributed by atoms with E-state index in [1.807, 2.05) is 0 Å². The number of aromatic nitrogens is 2. The van der Waals surface area contributed by atoms with E-state index in [1.54, 1.807) is 13.8 Å². The molecular formula is C11H19N3O7. The number of aliphatic carboxylic acids is 1. The molecule has 2 rings (SSSR count). The summed E-state index contributed by atoms with van der Waals surface area (Å²) >= 11 is 0. The third-order valence-corrected chi connectivity index (χ3v) is 2.82. The van der Waals surface area contributed by atoms with Crippen molar-refractivity contribution in [2.45, 2.75) is 52.0 Å². The van der Waals surface area contributed by atoms with E-state index in [1.165, 1.54) is 16.9 Å². The molecule has 0 bridgehead atoms. The standard InChI is InChI=1S/C11H19N3O7/c1-7(2)18-11(17)19-8(3)20-14-13(21-14)12-6-4-5-9(12)10(15)16/h7-9H,4-6H2,1-3H3,(H,15,16)/t8?,9-,13?,14?/m0/s1. The molecule has 1 aromatic rings. The second-order valence-corrected chi connectivity index (χ2v) is 4.94. The van der Waals surface area contributed by atoms with Crippen LogP contribution in [0, 0.1) is 0 Å². The van der Waals surface area contributed by atoms with Crippen LogP contribution in [-0.4, -0.2) is 52.2 Å². The number of nitrogens with zero attached hydrogens (tertiary/aromatic N) is 3. The fraction of sp³-hybridized carbons (Fsp3) is 0.818. The largest absolute Gasteiger partial charge is 0.511 e. The molecule has 1 fully saturated rings. The van der Waals surface area contributed by atoms with Gasteiger partial charge >= 0.3 is 12.1 Å². The van der Waals surface area contributed by atoms with Gasteiger partial charge in [0.2, 0.25) is 0 Å². The van der Waals surface area contributed by atoms with Gasteiger partial charge in [0.1, 0.15) is 11.1 Å². The summed E-state index contributed by atoms with van der Waals surface area (Å²) in [7, 11) is 0. The average Bonchev–Trinajstić information content (AvgIpc) is 2.92. The minimum Gasteiger partial charge on any atom is -0.480 e. The van der Waals surface area contributed by atoms with Crippen molar-refractivity contribution in [3.8, 4) is 0 Å². The molecule has 10 nitrogen and oxygen atoms in total. The van der Waals surface area contributed by atoms with E-state index in [0.717, 1.165) is 11.4 Å². The molecule has 0 aliphatic carbocycles. The highest BCUT2D eigenvalue weighted by molar-refractivity contribution is 5.75. The maximum atomic E-state index is 11.3. The van der Waals surface area contributed by atoms with Gasteiger partial charge in [0.25, 0.3) is 6.29 Å². The van der Waals surface area contributed by atoms with Gasteiger partial charge in [0.15, 0.2) is 0 Å². The van der Waals surface area contributed by atoms with E-state index < -0.39 is 24.5 Å². The van der Waals surface area contributed by atoms with E-state index in [2.05, 4.69) is 0 Å². The van der Waals surface area contributed by atoms with Crippen LogP contribution in [0.4, 0.5) is 4.79 Å². The summed E-state index contributed by atoms with van der Waals surface area (Å²) in [5.41, 5.74) is 0. The molecule has 2 atom stereocenters. The highest BCUT2D eigenvalue weighted by atomic mass is 17.0. The molecule has 10 heteroatoms. The Bertz CT molecular complexity index is 489. The second kappa shape index (κ2) is 6.02. The Hall–Kier alpha value is -2.26. The van der Waals surface area contributed by atoms with Crippen LogP contribution < -0.4 is 9.85 Å². The van der Waals surface area contributed by atoms with Crippen LogP contribution in [0.5, 0.6) is 0 Å². The molecule has 0 spiro atoms. The van der Waals surface area contributed by atoms with Gasteiger partial charge in [-0.1, -0.05) is 0 Å². The van der Waals surface area contributed by atoms with Crippen LogP contribution in [0.3, 0.4) is 0 Å². The van der Waals surface area contributed by atoms with Gasteiger partial charge in [0.05, 0.1) is 11.1 Å². The van der Waals surface area contributed by atoms with Crippen LogP contribution in [0.15, 0.2) is 4.63 Å². The summed E-state index contributed by atoms with van der Waals surface area (Å²) in [4.78, 5) is 28.6. The lowest BCUT2D eigenvalue weighted by Crippen LogP contribution is -2.43. The molecule has 1 unspecified atom stereocenters. The van der Waals surface area contributed by atoms with Gasteiger partial charge in [-0.05, 0) is 26.7 Å². The summed E-state index contributed by atoms with van der Waals surface area (Å²) in [5, 5.41) is 11.5. The van der Waals surface area contributed by atoms with Crippen molar-refractivity contribution in [1.29, 1.82) is 0 Å². The highest BCUT2D eigenvalue weighted by Crippen LogP contribution is 2.17. The first-order chi connectivity index (χ1) is 9.88. The predicted molar refractivity (Wildman–Crippen MR) is 67.2 cm³/mol. The molecule has 2 heterocycles. The lowest BCUT2D eigenvalue weighted by Gasteiger charge is -2.16. The van der Waals surface area contributed by atoms with Crippen LogP contribution in [0.1, 0.15) is 33.6 Å². The molecule has 1 aliphatic heterocycles. The fourth-order valence-corrected chi connectivity index (χ4v) is 1.96. The first-order valence-corrected chi connectivity index (χ1v) is 6.70. The fourth-order valence-electron chi connectivity index (χ4n) is 1.96. The SMILES string of the molecule is CC(C)OC(=O)OC(C)On1on1N1CCC[C@H]1C(=O)O. The highest BCUT2D eigenvalue weighted by Gasteiger charge is 2.37. The number of carbonyl (C=O) groups is 2. The third kappa shape index (κ3) is 3.86. The van der Waals surface area contributed by atoms with E-state index in [0.29, 0.717) is 13.0 Å². The summed E-state index contributed by atoms with van der Waals surface area (Å²) in [6.07, 6.45) is -0.796. The Morgan fingerprint density at radius 2 is 2.00 bits per heavy atom. The Balaban J connectivity index is 1.81. The molecule has 120 valence electrons. The summed E-state index contributed by atoms with van der Waals surface area (Å²) in [5.74, 6) is -0.923. The molecule has 0 saturated carbocycles. The smallest absolute Gasteiger partial charge is 0.480 e. The third-order valence-electron chi connectivity index (χ3n) is 2.82. The zero-order valence-electron chi connectivity index (χ0n) is 12.1. The molecule has 1 saturated heterocycles. The quantitative estimate of drug-likeness (QED) is 0.594. The van der Waals surface area contributed by atoms with Gasteiger partial charge in [-0.15, -0.1) is 0 Å². The first kappa shape index (κ1) is 15.1. The number of hydrogen-bond donors (Lipinski definition) is 1. The van der Waals surface area contributed by atoms with Gasteiger partial charge in [-0.25, -0.2) is 14.6 Å². The Kier molecular flexibility index (Phi) is 4.34. The van der Waals surface area contributed by atoms with E-state index in [-0.39, 0.29) is 6.10 Å². The topological polar surface area (TPSA) is 108 Å². The minimum absolute atomic E-state index is 0.292. The molecule has 21 heavy (non-hydrogen) atoms. The van der Waals surface area contributed by atoms with Crippen molar-refractivity contribution >= 4 is 12.1 Å². The predicted octanol–water partition coefficient (Wildman–Crippen LogP) is 0.404. The number of ether oxygens (including phenoxy) is 2. The van der Waals surface area contributed by atoms with Gasteiger partial charge in [-0.3, -0.25) is 0 Å². The lowest BCUT2D eigenvalue weighted by atomic mass is 10.2. The van der Waals surface area contributed by atoms with E-state index >= 15 is 0 Å². The van der Waals surface area contributed by atoms with Gasteiger partial charge in [0, 0.05) is 13.5 Å². The molecule has 1 aliphatic rings. The van der Waals surface area contributed by atoms with Gasteiger partial charge < -0.3 is 19.4 Å². The van der Waals surface area contributed by atoms with Crippen LogP contribution in [-0.2, 0) is 14.3 Å². The number of hydrogen-bond acceptors (Lipinski definition) is 7. The molecule has 0 radical (unpaired) electrons. The zero-order chi connectivity index (χ0) is 15.6. The van der Waals surface area contributed by atoms with Crippen molar-refractivity contribution in [1.82, 2.24) is 9.98 Å². The minimum atomic E-state index is -0.938. The van der Waals surface area contributed by atoms with Crippen molar-refractivity contribution < 1.29 is 33.6 Å². The number of carboxylic acid groups (broad SMARTS) is 1. The van der Waals surface area contributed by atoms with Gasteiger partial charge in [-0.2, -0.15) is 4.63 Å².